The summed E-state index contributed by atoms with van der Waals surface area (Å²) in [7, 11) is 0. The molecule has 0 aliphatic heterocycles. The van der Waals surface area contributed by atoms with Gasteiger partial charge >= 0.3 is 6.18 Å². The molecule has 0 N–H and O–H groups in total. The van der Waals surface area contributed by atoms with E-state index in [0.717, 1.165) is 0 Å². The van der Waals surface area contributed by atoms with Gasteiger partial charge in [-0.15, -0.1) is 0 Å². The Balaban J connectivity index is 2.27. The molecule has 0 amide bonds. The SMILES string of the molecule is CC(C)c1coc(-c2nc(-c3nc(C(C)C)co3)c(I)c(C(F)(F)F)c2I)n1. The first kappa shape index (κ1) is 21.5. The number of pyridine rings is 1. The Morgan fingerprint density at radius 1 is 0.786 bits per heavy atom. The van der Waals surface area contributed by atoms with Gasteiger partial charge in [-0.1, -0.05) is 27.7 Å². The summed E-state index contributed by atoms with van der Waals surface area (Å²) < 4.78 is 52.2. The smallest absolute Gasteiger partial charge is 0.418 e. The molecule has 5 nitrogen and oxygen atoms in total. The number of rotatable bonds is 4. The van der Waals surface area contributed by atoms with Crippen molar-refractivity contribution in [3.63, 3.8) is 0 Å². The van der Waals surface area contributed by atoms with Crippen LogP contribution >= 0.6 is 45.2 Å². The molecule has 0 bridgehead atoms. The Morgan fingerprint density at radius 3 is 1.46 bits per heavy atom. The molecule has 0 spiro atoms. The monoisotopic (exact) mass is 617 g/mol. The van der Waals surface area contributed by atoms with Crippen LogP contribution in [0.1, 0.15) is 56.5 Å². The second kappa shape index (κ2) is 7.92. The number of hydrogen-bond donors (Lipinski definition) is 0. The molecule has 0 fully saturated rings. The molecule has 3 aromatic heterocycles. The molecule has 3 heterocycles. The van der Waals surface area contributed by atoms with E-state index in [9.17, 15) is 13.2 Å². The lowest BCUT2D eigenvalue weighted by atomic mass is 10.1. The van der Waals surface area contributed by atoms with Gasteiger partial charge in [0.05, 0.1) is 24.1 Å². The van der Waals surface area contributed by atoms with Crippen molar-refractivity contribution in [3.05, 3.63) is 36.6 Å². The molecule has 3 rings (SSSR count). The van der Waals surface area contributed by atoms with E-state index in [-0.39, 0.29) is 42.1 Å². The van der Waals surface area contributed by atoms with Gasteiger partial charge in [-0.3, -0.25) is 0 Å². The van der Waals surface area contributed by atoms with Crippen LogP contribution in [0.25, 0.3) is 23.2 Å². The summed E-state index contributed by atoms with van der Waals surface area (Å²) in [5, 5.41) is 0. The molecule has 0 aromatic carbocycles. The third-order valence-electron chi connectivity index (χ3n) is 3.99. The first-order valence-electron chi connectivity index (χ1n) is 8.38. The van der Waals surface area contributed by atoms with E-state index in [1.807, 2.05) is 27.7 Å². The number of aromatic nitrogens is 3. The zero-order valence-corrected chi connectivity index (χ0v) is 19.7. The highest BCUT2D eigenvalue weighted by molar-refractivity contribution is 14.1. The van der Waals surface area contributed by atoms with Crippen LogP contribution in [-0.2, 0) is 6.18 Å². The molecule has 0 aliphatic rings. The maximum atomic E-state index is 13.8. The molecule has 0 saturated carbocycles. The van der Waals surface area contributed by atoms with Crippen LogP contribution < -0.4 is 0 Å². The predicted octanol–water partition coefficient (Wildman–Crippen LogP) is 6.87. The van der Waals surface area contributed by atoms with Gasteiger partial charge in [-0.2, -0.15) is 13.2 Å². The second-order valence-electron chi connectivity index (χ2n) is 6.77. The predicted molar refractivity (Wildman–Crippen MR) is 114 cm³/mol. The molecule has 0 radical (unpaired) electrons. The first-order chi connectivity index (χ1) is 13.0. The Hall–Kier alpha value is -1.18. The lowest BCUT2D eigenvalue weighted by Gasteiger charge is -2.15. The summed E-state index contributed by atoms with van der Waals surface area (Å²) in [6, 6.07) is 0. The number of hydrogen-bond acceptors (Lipinski definition) is 5. The van der Waals surface area contributed by atoms with E-state index in [4.69, 9.17) is 8.83 Å². The first-order valence-corrected chi connectivity index (χ1v) is 10.5. The zero-order chi connectivity index (χ0) is 20.8. The number of nitrogens with zero attached hydrogens (tertiary/aromatic N) is 3. The fraction of sp³-hybridized carbons (Fsp3) is 0.389. The standard InChI is InChI=1S/C18H16F3I2N3O2/c1-7(2)9-5-27-16(24-9)14-12(22)11(18(19,20)21)13(23)15(26-14)17-25-10(6-28-17)8(3)4/h5-8H,1-4H3. The van der Waals surface area contributed by atoms with Crippen LogP contribution in [-0.4, -0.2) is 15.0 Å². The zero-order valence-electron chi connectivity index (χ0n) is 15.4. The molecular formula is C18H16F3I2N3O2. The Bertz CT molecular complexity index is 940. The van der Waals surface area contributed by atoms with Crippen molar-refractivity contribution in [3.8, 4) is 23.2 Å². The summed E-state index contributed by atoms with van der Waals surface area (Å²) in [4.78, 5) is 13.0. The normalized spacial score (nSPS) is 12.4. The molecule has 3 aromatic rings. The summed E-state index contributed by atoms with van der Waals surface area (Å²) in [6.07, 6.45) is -1.71. The molecule has 10 heteroatoms. The quantitative estimate of drug-likeness (QED) is 0.300. The summed E-state index contributed by atoms with van der Waals surface area (Å²) in [6.45, 7) is 7.67. The number of alkyl halides is 3. The summed E-state index contributed by atoms with van der Waals surface area (Å²) >= 11 is 3.27. The van der Waals surface area contributed by atoms with Gasteiger partial charge < -0.3 is 8.83 Å². The topological polar surface area (TPSA) is 65.0 Å². The molecule has 0 saturated heterocycles. The van der Waals surface area contributed by atoms with Crippen molar-refractivity contribution in [1.29, 1.82) is 0 Å². The minimum Gasteiger partial charge on any atom is -0.443 e. The minimum absolute atomic E-state index is 0.0135. The molecule has 0 unspecified atom stereocenters. The Kier molecular flexibility index (Phi) is 6.09. The molecule has 150 valence electrons. The van der Waals surface area contributed by atoms with Crippen LogP contribution in [0, 0.1) is 7.14 Å². The molecule has 28 heavy (non-hydrogen) atoms. The Labute approximate surface area is 186 Å². The van der Waals surface area contributed by atoms with E-state index in [0.29, 0.717) is 11.4 Å². The third-order valence-corrected chi connectivity index (χ3v) is 6.09. The van der Waals surface area contributed by atoms with Crippen LogP contribution in [0.4, 0.5) is 13.2 Å². The highest BCUT2D eigenvalue weighted by Gasteiger charge is 2.40. The maximum absolute atomic E-state index is 13.8. The Morgan fingerprint density at radius 2 is 1.18 bits per heavy atom. The van der Waals surface area contributed by atoms with E-state index in [1.54, 1.807) is 45.2 Å². The number of oxazole rings is 2. The van der Waals surface area contributed by atoms with Gasteiger partial charge in [0.15, 0.2) is 0 Å². The summed E-state index contributed by atoms with van der Waals surface area (Å²) in [5.41, 5.74) is 0.500. The van der Waals surface area contributed by atoms with Gasteiger partial charge in [0.1, 0.15) is 23.9 Å². The fourth-order valence-electron chi connectivity index (χ4n) is 2.40. The van der Waals surface area contributed by atoms with Crippen LogP contribution in [0.15, 0.2) is 21.4 Å². The average molecular weight is 617 g/mol. The van der Waals surface area contributed by atoms with E-state index in [1.165, 1.54) is 12.5 Å². The maximum Gasteiger partial charge on any atom is 0.418 e. The van der Waals surface area contributed by atoms with Gasteiger partial charge in [0.2, 0.25) is 11.8 Å². The van der Waals surface area contributed by atoms with E-state index in [2.05, 4.69) is 15.0 Å². The molecular weight excluding hydrogens is 601 g/mol. The van der Waals surface area contributed by atoms with E-state index >= 15 is 0 Å². The van der Waals surface area contributed by atoms with Crippen molar-refractivity contribution < 1.29 is 22.0 Å². The van der Waals surface area contributed by atoms with Crippen molar-refractivity contribution in [2.75, 3.05) is 0 Å². The highest BCUT2D eigenvalue weighted by Crippen LogP contribution is 2.43. The minimum atomic E-state index is -4.58. The lowest BCUT2D eigenvalue weighted by molar-refractivity contribution is -0.139. The van der Waals surface area contributed by atoms with Gasteiger partial charge in [-0.05, 0) is 57.0 Å². The third kappa shape index (κ3) is 4.07. The van der Waals surface area contributed by atoms with Gasteiger partial charge in [0, 0.05) is 0 Å². The van der Waals surface area contributed by atoms with Gasteiger partial charge in [0.25, 0.3) is 0 Å². The lowest BCUT2D eigenvalue weighted by Crippen LogP contribution is -2.14. The van der Waals surface area contributed by atoms with E-state index < -0.39 is 11.7 Å². The molecule has 0 atom stereocenters. The summed E-state index contributed by atoms with van der Waals surface area (Å²) in [5.74, 6) is 0.209. The highest BCUT2D eigenvalue weighted by atomic mass is 127. The average Bonchev–Trinajstić information content (AvgIpc) is 3.23. The largest absolute Gasteiger partial charge is 0.443 e. The second-order valence-corrected chi connectivity index (χ2v) is 8.93. The molecule has 0 aliphatic carbocycles. The van der Waals surface area contributed by atoms with Crippen molar-refractivity contribution in [2.24, 2.45) is 0 Å². The van der Waals surface area contributed by atoms with Crippen molar-refractivity contribution >= 4 is 45.2 Å². The fourth-order valence-corrected chi connectivity index (χ4v) is 4.77. The van der Waals surface area contributed by atoms with Crippen molar-refractivity contribution in [2.45, 2.75) is 45.7 Å². The van der Waals surface area contributed by atoms with Crippen LogP contribution in [0.3, 0.4) is 0 Å². The van der Waals surface area contributed by atoms with Crippen LogP contribution in [0.2, 0.25) is 0 Å². The van der Waals surface area contributed by atoms with Crippen molar-refractivity contribution in [1.82, 2.24) is 15.0 Å². The van der Waals surface area contributed by atoms with Crippen LogP contribution in [0.5, 0.6) is 0 Å². The number of halogens is 5. The van der Waals surface area contributed by atoms with Gasteiger partial charge in [-0.25, -0.2) is 15.0 Å².